The van der Waals surface area contributed by atoms with Gasteiger partial charge in [0.2, 0.25) is 0 Å². The van der Waals surface area contributed by atoms with E-state index in [4.69, 9.17) is 0 Å². The van der Waals surface area contributed by atoms with E-state index in [2.05, 4.69) is 49.2 Å². The minimum atomic E-state index is 0.857. The van der Waals surface area contributed by atoms with Crippen molar-refractivity contribution < 1.29 is 0 Å². The van der Waals surface area contributed by atoms with Gasteiger partial charge in [-0.2, -0.15) is 0 Å². The maximum atomic E-state index is 4.03. The summed E-state index contributed by atoms with van der Waals surface area (Å²) >= 11 is 0. The lowest BCUT2D eigenvalue weighted by Crippen LogP contribution is -2.25. The molecule has 0 aliphatic carbocycles. The van der Waals surface area contributed by atoms with Crippen molar-refractivity contribution in [2.75, 3.05) is 18.0 Å². The van der Waals surface area contributed by atoms with Crippen LogP contribution in [0.5, 0.6) is 0 Å². The van der Waals surface area contributed by atoms with Crippen molar-refractivity contribution in [2.24, 2.45) is 0 Å². The van der Waals surface area contributed by atoms with Gasteiger partial charge in [0.25, 0.3) is 0 Å². The normalized spacial score (nSPS) is 9.73. The first-order valence-corrected chi connectivity index (χ1v) is 5.28. The molecule has 0 aliphatic heterocycles. The third-order valence-corrected chi connectivity index (χ3v) is 2.49. The largest absolute Gasteiger partial charge is 0.367 e. The Morgan fingerprint density at radius 3 is 2.27 bits per heavy atom. The maximum Gasteiger partial charge on any atom is 0.0425 e. The Kier molecular flexibility index (Phi) is 4.17. The minimum absolute atomic E-state index is 0.857. The first kappa shape index (κ1) is 11.6. The second-order valence-electron chi connectivity index (χ2n) is 3.73. The molecule has 0 bridgehead atoms. The van der Waals surface area contributed by atoms with Crippen LogP contribution in [0.3, 0.4) is 0 Å². The quantitative estimate of drug-likeness (QED) is 0.657. The molecule has 0 N–H and O–H groups in total. The van der Waals surface area contributed by atoms with E-state index in [1.54, 1.807) is 0 Å². The number of para-hydroxylation sites is 1. The predicted octanol–water partition coefficient (Wildman–Crippen LogP) is 3.65. The summed E-state index contributed by atoms with van der Waals surface area (Å²) in [5.41, 5.74) is 3.40. The van der Waals surface area contributed by atoms with E-state index in [-0.39, 0.29) is 0 Å². The van der Waals surface area contributed by atoms with Crippen LogP contribution < -0.4 is 4.90 Å². The molecule has 1 heteroatoms. The third-order valence-electron chi connectivity index (χ3n) is 2.49. The number of rotatable bonds is 5. The van der Waals surface area contributed by atoms with Crippen molar-refractivity contribution in [1.82, 2.24) is 0 Å². The fourth-order valence-electron chi connectivity index (χ4n) is 1.39. The van der Waals surface area contributed by atoms with E-state index in [0.29, 0.717) is 0 Å². The van der Waals surface area contributed by atoms with Gasteiger partial charge in [0, 0.05) is 18.8 Å². The number of benzene rings is 1. The molecule has 0 aliphatic rings. The van der Waals surface area contributed by atoms with Crippen molar-refractivity contribution in [2.45, 2.75) is 13.8 Å². The maximum absolute atomic E-state index is 4.03. The molecule has 1 rings (SSSR count). The van der Waals surface area contributed by atoms with Gasteiger partial charge in [-0.05, 0) is 31.6 Å². The highest BCUT2D eigenvalue weighted by molar-refractivity contribution is 5.48. The van der Waals surface area contributed by atoms with Gasteiger partial charge in [-0.1, -0.05) is 36.9 Å². The molecule has 15 heavy (non-hydrogen) atoms. The average Bonchev–Trinajstić information content (AvgIpc) is 2.26. The predicted molar refractivity (Wildman–Crippen MR) is 68.3 cm³/mol. The van der Waals surface area contributed by atoms with Gasteiger partial charge in [0.05, 0.1) is 0 Å². The zero-order valence-electron chi connectivity index (χ0n) is 9.66. The van der Waals surface area contributed by atoms with Crippen molar-refractivity contribution in [3.63, 3.8) is 0 Å². The fraction of sp³-hybridized carbons (Fsp3) is 0.286. The first-order chi connectivity index (χ1) is 7.15. The van der Waals surface area contributed by atoms with E-state index in [0.717, 1.165) is 24.2 Å². The Hall–Kier alpha value is -1.50. The molecule has 0 saturated heterocycles. The van der Waals surface area contributed by atoms with Crippen LogP contribution in [0.4, 0.5) is 5.69 Å². The summed E-state index contributed by atoms with van der Waals surface area (Å²) in [6.07, 6.45) is 0. The molecule has 0 amide bonds. The lowest BCUT2D eigenvalue weighted by atomic mass is 10.1. The number of likely N-dealkylation sites (N-methyl/N-ethyl adjacent to an activating group) is 1. The van der Waals surface area contributed by atoms with Gasteiger partial charge in [0.1, 0.15) is 0 Å². The van der Waals surface area contributed by atoms with Crippen molar-refractivity contribution in [3.05, 3.63) is 54.6 Å². The first-order valence-electron chi connectivity index (χ1n) is 5.28. The molecule has 1 nitrogen and oxygen atoms in total. The lowest BCUT2D eigenvalue weighted by molar-refractivity contribution is 0.884. The summed E-state index contributed by atoms with van der Waals surface area (Å²) in [6.45, 7) is 13.9. The summed E-state index contributed by atoms with van der Waals surface area (Å²) in [4.78, 5) is 2.29. The molecule has 0 unspecified atom stereocenters. The lowest BCUT2D eigenvalue weighted by Gasteiger charge is -2.24. The minimum Gasteiger partial charge on any atom is -0.367 e. The highest BCUT2D eigenvalue weighted by atomic mass is 15.1. The van der Waals surface area contributed by atoms with Crippen LogP contribution in [0.2, 0.25) is 0 Å². The number of hydrogen-bond acceptors (Lipinski definition) is 1. The molecular weight excluding hydrogens is 182 g/mol. The molecule has 0 atom stereocenters. The molecule has 0 radical (unpaired) electrons. The highest BCUT2D eigenvalue weighted by Gasteiger charge is 2.05. The van der Waals surface area contributed by atoms with E-state index in [1.807, 2.05) is 13.0 Å². The zero-order valence-corrected chi connectivity index (χ0v) is 9.66. The number of hydrogen-bond donors (Lipinski definition) is 0. The zero-order chi connectivity index (χ0) is 11.3. The summed E-state index contributed by atoms with van der Waals surface area (Å²) in [7, 11) is 0. The second kappa shape index (κ2) is 5.40. The summed E-state index contributed by atoms with van der Waals surface area (Å²) < 4.78 is 0. The van der Waals surface area contributed by atoms with Crippen LogP contribution in [0.1, 0.15) is 13.8 Å². The van der Waals surface area contributed by atoms with Gasteiger partial charge in [-0.3, -0.25) is 0 Å². The molecule has 80 valence electrons. The Morgan fingerprint density at radius 2 is 1.80 bits per heavy atom. The van der Waals surface area contributed by atoms with Crippen molar-refractivity contribution in [1.29, 1.82) is 0 Å². The van der Waals surface area contributed by atoms with Crippen LogP contribution in [0.25, 0.3) is 0 Å². The fourth-order valence-corrected chi connectivity index (χ4v) is 1.39. The van der Waals surface area contributed by atoms with Crippen LogP contribution in [-0.4, -0.2) is 13.1 Å². The highest BCUT2D eigenvalue weighted by Crippen LogP contribution is 2.16. The van der Waals surface area contributed by atoms with Gasteiger partial charge < -0.3 is 4.90 Å². The standard InChI is InChI=1S/C14H19N/c1-5-15(11-13(4)12(2)3)14-9-7-6-8-10-14/h6-10H,2,4-5,11H2,1,3H3. The van der Waals surface area contributed by atoms with Gasteiger partial charge >= 0.3 is 0 Å². The van der Waals surface area contributed by atoms with E-state index < -0.39 is 0 Å². The Morgan fingerprint density at radius 1 is 1.20 bits per heavy atom. The van der Waals surface area contributed by atoms with Gasteiger partial charge in [-0.25, -0.2) is 0 Å². The Labute approximate surface area is 92.7 Å². The molecule has 0 heterocycles. The average molecular weight is 201 g/mol. The van der Waals surface area contributed by atoms with Crippen LogP contribution >= 0.6 is 0 Å². The Balaban J connectivity index is 2.73. The van der Waals surface area contributed by atoms with Crippen LogP contribution in [0, 0.1) is 0 Å². The van der Waals surface area contributed by atoms with Crippen molar-refractivity contribution >= 4 is 5.69 Å². The van der Waals surface area contributed by atoms with Gasteiger partial charge in [0.15, 0.2) is 0 Å². The SMILES string of the molecule is C=C(C)C(=C)CN(CC)c1ccccc1. The summed E-state index contributed by atoms with van der Waals surface area (Å²) in [6, 6.07) is 10.4. The van der Waals surface area contributed by atoms with Crippen LogP contribution in [0.15, 0.2) is 54.6 Å². The molecule has 0 aromatic heterocycles. The summed E-state index contributed by atoms with van der Waals surface area (Å²) in [5, 5.41) is 0. The monoisotopic (exact) mass is 201 g/mol. The molecule has 0 saturated carbocycles. The van der Waals surface area contributed by atoms with Crippen LogP contribution in [-0.2, 0) is 0 Å². The molecular formula is C14H19N. The topological polar surface area (TPSA) is 3.24 Å². The molecule has 1 aromatic carbocycles. The molecule has 0 spiro atoms. The smallest absolute Gasteiger partial charge is 0.0425 e. The second-order valence-corrected chi connectivity index (χ2v) is 3.73. The van der Waals surface area contributed by atoms with E-state index in [1.165, 1.54) is 5.69 Å². The third kappa shape index (κ3) is 3.28. The number of anilines is 1. The molecule has 0 fully saturated rings. The van der Waals surface area contributed by atoms with E-state index >= 15 is 0 Å². The summed E-state index contributed by atoms with van der Waals surface area (Å²) in [5.74, 6) is 0. The van der Waals surface area contributed by atoms with E-state index in [9.17, 15) is 0 Å². The van der Waals surface area contributed by atoms with Crippen molar-refractivity contribution in [3.8, 4) is 0 Å². The number of nitrogens with zero attached hydrogens (tertiary/aromatic N) is 1. The van der Waals surface area contributed by atoms with Gasteiger partial charge in [-0.15, -0.1) is 0 Å². The molecule has 1 aromatic rings. The Bertz CT molecular complexity index is 338.